The Hall–Kier alpha value is -4.32. The fraction of sp³-hybridized carbons (Fsp3) is 0.438. The number of alkyl carbamates (subject to hydrolysis) is 1. The first kappa shape index (κ1) is 32.9. The van der Waals surface area contributed by atoms with Crippen LogP contribution in [0.15, 0.2) is 48.5 Å². The number of aryl methyl sites for hydroxylation is 1. The molecule has 9 heteroatoms. The molecule has 220 valence electrons. The SMILES string of the molecule is C#CN(C(=O)CNC(=O)OC(C)(C)C)C(C(=O)NC(Cc1ccccc1)C(=O)OC(C)(C)C)c1cccc(C)c1C. The summed E-state index contributed by atoms with van der Waals surface area (Å²) in [5, 5.41) is 5.17. The molecule has 0 saturated carbocycles. The van der Waals surface area contributed by atoms with Crippen molar-refractivity contribution in [2.24, 2.45) is 0 Å². The monoisotopic (exact) mass is 563 g/mol. The van der Waals surface area contributed by atoms with E-state index in [1.54, 1.807) is 53.7 Å². The molecule has 0 aliphatic rings. The minimum absolute atomic E-state index is 0.158. The summed E-state index contributed by atoms with van der Waals surface area (Å²) in [4.78, 5) is 53.6. The maximum Gasteiger partial charge on any atom is 0.408 e. The molecule has 2 N–H and O–H groups in total. The van der Waals surface area contributed by atoms with Crippen LogP contribution in [0.2, 0.25) is 0 Å². The lowest BCUT2D eigenvalue weighted by Crippen LogP contribution is -2.51. The number of nitrogens with zero attached hydrogens (tertiary/aromatic N) is 1. The van der Waals surface area contributed by atoms with E-state index in [2.05, 4.69) is 16.7 Å². The summed E-state index contributed by atoms with van der Waals surface area (Å²) in [6, 6.07) is 14.5. The Labute approximate surface area is 243 Å². The second-order valence-corrected chi connectivity index (χ2v) is 11.7. The Morgan fingerprint density at radius 1 is 0.902 bits per heavy atom. The van der Waals surface area contributed by atoms with Crippen LogP contribution in [-0.4, -0.2) is 52.6 Å². The molecule has 0 aliphatic heterocycles. The number of carbonyl (C=O) groups excluding carboxylic acids is 4. The largest absolute Gasteiger partial charge is 0.458 e. The summed E-state index contributed by atoms with van der Waals surface area (Å²) < 4.78 is 10.8. The highest BCUT2D eigenvalue weighted by Gasteiger charge is 2.36. The molecule has 0 spiro atoms. The molecule has 0 bridgehead atoms. The molecule has 0 aromatic heterocycles. The number of nitrogens with one attached hydrogen (secondary N) is 2. The lowest BCUT2D eigenvalue weighted by Gasteiger charge is -2.30. The summed E-state index contributed by atoms with van der Waals surface area (Å²) in [5.41, 5.74) is 1.35. The van der Waals surface area contributed by atoms with Gasteiger partial charge in [-0.05, 0) is 77.6 Å². The summed E-state index contributed by atoms with van der Waals surface area (Å²) in [6.45, 7) is 13.5. The predicted molar refractivity (Wildman–Crippen MR) is 156 cm³/mol. The number of rotatable bonds is 9. The van der Waals surface area contributed by atoms with Crippen molar-refractivity contribution in [3.05, 3.63) is 70.8 Å². The Morgan fingerprint density at radius 3 is 2.07 bits per heavy atom. The van der Waals surface area contributed by atoms with Crippen LogP contribution < -0.4 is 10.6 Å². The van der Waals surface area contributed by atoms with Crippen LogP contribution in [0.25, 0.3) is 0 Å². The second kappa shape index (κ2) is 13.8. The average molecular weight is 564 g/mol. The molecular weight excluding hydrogens is 522 g/mol. The van der Waals surface area contributed by atoms with Crippen molar-refractivity contribution in [2.45, 2.75) is 85.1 Å². The summed E-state index contributed by atoms with van der Waals surface area (Å²) >= 11 is 0. The first-order valence-electron chi connectivity index (χ1n) is 13.4. The number of hydrogen-bond acceptors (Lipinski definition) is 6. The normalized spacial score (nSPS) is 12.8. The number of amides is 3. The molecule has 2 aromatic carbocycles. The zero-order valence-electron chi connectivity index (χ0n) is 25.2. The van der Waals surface area contributed by atoms with Crippen LogP contribution in [0.4, 0.5) is 4.79 Å². The van der Waals surface area contributed by atoms with Crippen molar-refractivity contribution in [2.75, 3.05) is 6.54 Å². The number of ether oxygens (including phenoxy) is 2. The average Bonchev–Trinajstić information content (AvgIpc) is 2.86. The fourth-order valence-corrected chi connectivity index (χ4v) is 3.97. The Bertz CT molecular complexity index is 1290. The van der Waals surface area contributed by atoms with Gasteiger partial charge in [-0.15, -0.1) is 0 Å². The van der Waals surface area contributed by atoms with Gasteiger partial charge in [-0.2, -0.15) is 0 Å². The van der Waals surface area contributed by atoms with Gasteiger partial charge in [0.1, 0.15) is 29.8 Å². The topological polar surface area (TPSA) is 114 Å². The van der Waals surface area contributed by atoms with Gasteiger partial charge in [-0.25, -0.2) is 9.59 Å². The third-order valence-corrected chi connectivity index (χ3v) is 5.93. The Kier molecular flexibility index (Phi) is 11.1. The first-order chi connectivity index (χ1) is 19.0. The highest BCUT2D eigenvalue weighted by molar-refractivity contribution is 5.94. The molecule has 9 nitrogen and oxygen atoms in total. The maximum absolute atomic E-state index is 14.0. The molecule has 2 aromatic rings. The van der Waals surface area contributed by atoms with E-state index in [4.69, 9.17) is 15.9 Å². The number of carbonyl (C=O) groups is 4. The molecule has 0 aliphatic carbocycles. The van der Waals surface area contributed by atoms with Crippen LogP contribution in [0.3, 0.4) is 0 Å². The minimum Gasteiger partial charge on any atom is -0.458 e. The van der Waals surface area contributed by atoms with Crippen molar-refractivity contribution in [3.63, 3.8) is 0 Å². The van der Waals surface area contributed by atoms with Gasteiger partial charge in [-0.3, -0.25) is 14.5 Å². The fourth-order valence-electron chi connectivity index (χ4n) is 3.97. The van der Waals surface area contributed by atoms with Gasteiger partial charge >= 0.3 is 12.1 Å². The van der Waals surface area contributed by atoms with Gasteiger partial charge in [0, 0.05) is 12.5 Å². The lowest BCUT2D eigenvalue weighted by atomic mass is 9.95. The Balaban J connectivity index is 2.45. The number of terminal acetylenes is 1. The van der Waals surface area contributed by atoms with Crippen LogP contribution in [0, 0.1) is 26.3 Å². The summed E-state index contributed by atoms with van der Waals surface area (Å²) in [7, 11) is 0. The molecule has 0 heterocycles. The molecule has 0 fully saturated rings. The van der Waals surface area contributed by atoms with E-state index in [9.17, 15) is 19.2 Å². The number of hydrogen-bond donors (Lipinski definition) is 2. The first-order valence-corrected chi connectivity index (χ1v) is 13.4. The molecule has 3 amide bonds. The van der Waals surface area contributed by atoms with E-state index in [1.807, 2.05) is 50.2 Å². The summed E-state index contributed by atoms with van der Waals surface area (Å²) in [5.74, 6) is -2.01. The highest BCUT2D eigenvalue weighted by Crippen LogP contribution is 2.27. The van der Waals surface area contributed by atoms with Gasteiger partial charge in [-0.1, -0.05) is 55.0 Å². The van der Waals surface area contributed by atoms with Crippen molar-refractivity contribution >= 4 is 23.9 Å². The lowest BCUT2D eigenvalue weighted by molar-refractivity contribution is -0.159. The van der Waals surface area contributed by atoms with Gasteiger partial charge in [0.05, 0.1) is 0 Å². The molecule has 0 radical (unpaired) electrons. The molecule has 0 saturated heterocycles. The van der Waals surface area contributed by atoms with Crippen LogP contribution in [0.5, 0.6) is 0 Å². The predicted octanol–water partition coefficient (Wildman–Crippen LogP) is 4.36. The van der Waals surface area contributed by atoms with E-state index in [0.717, 1.165) is 21.6 Å². The smallest absolute Gasteiger partial charge is 0.408 e. The molecule has 2 atom stereocenters. The van der Waals surface area contributed by atoms with Crippen LogP contribution in [0.1, 0.15) is 69.8 Å². The van der Waals surface area contributed by atoms with Crippen LogP contribution in [-0.2, 0) is 30.3 Å². The molecular formula is C32H41N3O6. The minimum atomic E-state index is -1.30. The van der Waals surface area contributed by atoms with Gasteiger partial charge < -0.3 is 20.1 Å². The van der Waals surface area contributed by atoms with Gasteiger partial charge in [0.15, 0.2) is 0 Å². The van der Waals surface area contributed by atoms with Crippen LogP contribution >= 0.6 is 0 Å². The van der Waals surface area contributed by atoms with Gasteiger partial charge in [0.2, 0.25) is 5.91 Å². The van der Waals surface area contributed by atoms with Crippen molar-refractivity contribution < 1.29 is 28.7 Å². The van der Waals surface area contributed by atoms with E-state index in [0.29, 0.717) is 5.56 Å². The summed E-state index contributed by atoms with van der Waals surface area (Å²) in [6.07, 6.45) is 5.14. The molecule has 41 heavy (non-hydrogen) atoms. The van der Waals surface area contributed by atoms with E-state index >= 15 is 0 Å². The second-order valence-electron chi connectivity index (χ2n) is 11.7. The Morgan fingerprint density at radius 2 is 1.51 bits per heavy atom. The zero-order valence-corrected chi connectivity index (χ0v) is 25.2. The quantitative estimate of drug-likeness (QED) is 0.266. The molecule has 2 unspecified atom stereocenters. The maximum atomic E-state index is 14.0. The van der Waals surface area contributed by atoms with E-state index in [-0.39, 0.29) is 6.42 Å². The van der Waals surface area contributed by atoms with E-state index in [1.165, 1.54) is 0 Å². The molecule has 2 rings (SSSR count). The van der Waals surface area contributed by atoms with Gasteiger partial charge in [0.25, 0.3) is 5.91 Å². The zero-order chi connectivity index (χ0) is 31.0. The van der Waals surface area contributed by atoms with Crippen molar-refractivity contribution in [3.8, 4) is 12.5 Å². The number of esters is 1. The highest BCUT2D eigenvalue weighted by atomic mass is 16.6. The van der Waals surface area contributed by atoms with Crippen molar-refractivity contribution in [1.82, 2.24) is 15.5 Å². The third kappa shape index (κ3) is 10.3. The van der Waals surface area contributed by atoms with E-state index < -0.39 is 53.7 Å². The third-order valence-electron chi connectivity index (χ3n) is 5.93. The number of benzene rings is 2. The van der Waals surface area contributed by atoms with Crippen molar-refractivity contribution in [1.29, 1.82) is 0 Å². The standard InChI is InChI=1S/C32H41N3O6/c1-10-35(26(36)20-33-30(39)41-32(7,8)9)27(24-18-14-15-21(2)22(24)3)28(37)34-25(29(38)40-31(4,5)6)19-23-16-12-11-13-17-23/h1,11-18,25,27H,19-20H2,2-9H3,(H,33,39)(H,34,37).